The van der Waals surface area contributed by atoms with E-state index >= 15 is 0 Å². The molecule has 2 N–H and O–H groups in total. The molecule has 1 aliphatic rings. The van der Waals surface area contributed by atoms with Gasteiger partial charge in [-0.2, -0.15) is 0 Å². The van der Waals surface area contributed by atoms with E-state index in [9.17, 15) is 5.11 Å². The number of halogens is 1. The highest BCUT2D eigenvalue weighted by atomic mass is 79.9. The Morgan fingerprint density at radius 2 is 1.73 bits per heavy atom. The van der Waals surface area contributed by atoms with Crippen LogP contribution in [0.15, 0.2) is 83.5 Å². The van der Waals surface area contributed by atoms with E-state index in [1.54, 1.807) is 12.1 Å². The Hall–Kier alpha value is -3.16. The van der Waals surface area contributed by atoms with Gasteiger partial charge in [-0.05, 0) is 102 Å². The van der Waals surface area contributed by atoms with E-state index in [1.807, 2.05) is 48.7 Å². The molecule has 0 bridgehead atoms. The van der Waals surface area contributed by atoms with Gasteiger partial charge in [0, 0.05) is 27.7 Å². The zero-order chi connectivity index (χ0) is 23.1. The number of hydrogen-bond acceptors (Lipinski definition) is 3. The van der Waals surface area contributed by atoms with Gasteiger partial charge in [0.1, 0.15) is 5.75 Å². The molecule has 4 aromatic rings. The van der Waals surface area contributed by atoms with E-state index in [-0.39, 0.29) is 17.8 Å². The lowest BCUT2D eigenvalue weighted by Crippen LogP contribution is -2.29. The minimum absolute atomic E-state index is 0.112. The third-order valence-electron chi connectivity index (χ3n) is 6.11. The average molecular weight is 519 g/mol. The summed E-state index contributed by atoms with van der Waals surface area (Å²) in [6, 6.07) is 23.3. The van der Waals surface area contributed by atoms with Gasteiger partial charge in [-0.15, -0.1) is 0 Å². The van der Waals surface area contributed by atoms with Crippen LogP contribution >= 0.6 is 28.1 Å². The summed E-state index contributed by atoms with van der Waals surface area (Å²) in [6.07, 6.45) is 1.81. The van der Waals surface area contributed by atoms with Crippen LogP contribution in [0.4, 0.5) is 5.69 Å². The number of hydrogen-bond donors (Lipinski definition) is 2. The van der Waals surface area contributed by atoms with Crippen LogP contribution in [-0.2, 0) is 0 Å². The third kappa shape index (κ3) is 3.81. The van der Waals surface area contributed by atoms with Crippen molar-refractivity contribution in [3.8, 4) is 11.4 Å². The zero-order valence-electron chi connectivity index (χ0n) is 18.2. The van der Waals surface area contributed by atoms with E-state index in [0.29, 0.717) is 5.11 Å². The van der Waals surface area contributed by atoms with Crippen LogP contribution in [0.1, 0.15) is 34.7 Å². The van der Waals surface area contributed by atoms with Crippen molar-refractivity contribution in [3.63, 3.8) is 0 Å². The smallest absolute Gasteiger partial charge is 0.174 e. The number of anilines is 1. The van der Waals surface area contributed by atoms with Crippen LogP contribution in [-0.4, -0.2) is 19.8 Å². The molecule has 0 radical (unpaired) electrons. The summed E-state index contributed by atoms with van der Waals surface area (Å²) in [5, 5.41) is 14.0. The molecule has 2 atom stereocenters. The largest absolute Gasteiger partial charge is 0.508 e. The first kappa shape index (κ1) is 21.7. The van der Waals surface area contributed by atoms with Crippen molar-refractivity contribution >= 4 is 38.9 Å². The minimum Gasteiger partial charge on any atom is -0.508 e. The van der Waals surface area contributed by atoms with Crippen LogP contribution in [0.3, 0.4) is 0 Å². The van der Waals surface area contributed by atoms with Gasteiger partial charge in [0.2, 0.25) is 0 Å². The predicted molar refractivity (Wildman–Crippen MR) is 139 cm³/mol. The number of pyridine rings is 1. The van der Waals surface area contributed by atoms with Crippen molar-refractivity contribution in [2.24, 2.45) is 0 Å². The molecule has 0 aliphatic carbocycles. The number of phenols is 1. The second-order valence-corrected chi connectivity index (χ2v) is 9.37. The number of nitrogens with zero attached hydrogens (tertiary/aromatic N) is 3. The Labute approximate surface area is 206 Å². The summed E-state index contributed by atoms with van der Waals surface area (Å²) in [5.74, 6) is 0.224. The number of phenolic OH excluding ortho intramolecular Hbond substituents is 1. The summed E-state index contributed by atoms with van der Waals surface area (Å²) in [7, 11) is 0. The quantitative estimate of drug-likeness (QED) is 0.318. The van der Waals surface area contributed by atoms with Crippen molar-refractivity contribution in [3.05, 3.63) is 106 Å². The number of aryl methyl sites for hydroxylation is 1. The molecule has 5 rings (SSSR count). The van der Waals surface area contributed by atoms with Gasteiger partial charge in [0.05, 0.1) is 23.5 Å². The van der Waals surface area contributed by atoms with Crippen LogP contribution in [0.5, 0.6) is 5.75 Å². The normalized spacial score (nSPS) is 17.9. The maximum absolute atomic E-state index is 9.83. The molecule has 0 amide bonds. The Bertz CT molecular complexity index is 1320. The highest BCUT2D eigenvalue weighted by molar-refractivity contribution is 9.10. The second-order valence-electron chi connectivity index (χ2n) is 8.13. The standard InChI is InChI=1S/C26H23BrN4OS/c1-16-15-20(17(2)30(16)23-9-4-3-7-21(23)27)25-24(22-8-5-6-14-28-22)29-26(33)31(25)18-10-12-19(32)13-11-18/h3-15,24-25,32H,1-2H3,(H,29,33)/t24-,25-/m1/s1. The number of rotatable bonds is 4. The SMILES string of the molecule is Cc1cc([C@@H]2[C@@H](c3ccccn3)NC(=S)N2c2ccc(O)cc2)c(C)n1-c1ccccc1Br. The minimum atomic E-state index is -0.124. The Morgan fingerprint density at radius 1 is 1.00 bits per heavy atom. The number of benzene rings is 2. The Kier molecular flexibility index (Phi) is 5.68. The van der Waals surface area contributed by atoms with Gasteiger partial charge >= 0.3 is 0 Å². The molecule has 0 unspecified atom stereocenters. The molecule has 33 heavy (non-hydrogen) atoms. The predicted octanol–water partition coefficient (Wildman–Crippen LogP) is 6.13. The molecule has 2 aromatic carbocycles. The lowest BCUT2D eigenvalue weighted by molar-refractivity contribution is 0.475. The van der Waals surface area contributed by atoms with Gasteiger partial charge in [-0.3, -0.25) is 4.98 Å². The van der Waals surface area contributed by atoms with Crippen molar-refractivity contribution in [1.82, 2.24) is 14.9 Å². The fourth-order valence-electron chi connectivity index (χ4n) is 4.65. The summed E-state index contributed by atoms with van der Waals surface area (Å²) in [6.45, 7) is 4.27. The second kappa shape index (κ2) is 8.65. The van der Waals surface area contributed by atoms with Crippen molar-refractivity contribution < 1.29 is 5.11 Å². The maximum Gasteiger partial charge on any atom is 0.174 e. The molecular formula is C26H23BrN4OS. The van der Waals surface area contributed by atoms with E-state index < -0.39 is 0 Å². The first-order valence-electron chi connectivity index (χ1n) is 10.7. The van der Waals surface area contributed by atoms with Gasteiger partial charge in [0.25, 0.3) is 0 Å². The summed E-state index contributed by atoms with van der Waals surface area (Å²) in [4.78, 5) is 6.77. The maximum atomic E-state index is 9.83. The summed E-state index contributed by atoms with van der Waals surface area (Å²) < 4.78 is 3.31. The van der Waals surface area contributed by atoms with Crippen LogP contribution < -0.4 is 10.2 Å². The highest BCUT2D eigenvalue weighted by Crippen LogP contribution is 2.44. The van der Waals surface area contributed by atoms with E-state index in [0.717, 1.165) is 32.9 Å². The molecule has 1 fully saturated rings. The Morgan fingerprint density at radius 3 is 2.42 bits per heavy atom. The number of thiocarbonyl (C=S) groups is 1. The molecule has 2 aromatic heterocycles. The molecule has 1 aliphatic heterocycles. The molecule has 166 valence electrons. The van der Waals surface area contributed by atoms with E-state index in [4.69, 9.17) is 12.2 Å². The zero-order valence-corrected chi connectivity index (χ0v) is 20.6. The first-order chi connectivity index (χ1) is 16.0. The van der Waals surface area contributed by atoms with Crippen molar-refractivity contribution in [2.75, 3.05) is 4.90 Å². The van der Waals surface area contributed by atoms with Crippen LogP contribution in [0.2, 0.25) is 0 Å². The fraction of sp³-hybridized carbons (Fsp3) is 0.154. The lowest BCUT2D eigenvalue weighted by atomic mass is 9.96. The number of aromatic hydroxyl groups is 1. The average Bonchev–Trinajstić information content (AvgIpc) is 3.31. The van der Waals surface area contributed by atoms with Crippen LogP contribution in [0.25, 0.3) is 5.69 Å². The highest BCUT2D eigenvalue weighted by Gasteiger charge is 2.42. The molecule has 5 nitrogen and oxygen atoms in total. The topological polar surface area (TPSA) is 53.3 Å². The van der Waals surface area contributed by atoms with E-state index in [2.05, 4.69) is 67.7 Å². The van der Waals surface area contributed by atoms with Crippen LogP contribution in [0, 0.1) is 13.8 Å². The summed E-state index contributed by atoms with van der Waals surface area (Å²) >= 11 is 9.53. The van der Waals surface area contributed by atoms with Crippen molar-refractivity contribution in [2.45, 2.75) is 25.9 Å². The number of nitrogens with one attached hydrogen (secondary N) is 1. The van der Waals surface area contributed by atoms with Gasteiger partial charge in [-0.1, -0.05) is 18.2 Å². The fourth-order valence-corrected chi connectivity index (χ4v) is 5.46. The molecule has 0 saturated carbocycles. The van der Waals surface area contributed by atoms with Gasteiger partial charge in [-0.25, -0.2) is 0 Å². The molecule has 1 saturated heterocycles. The van der Waals surface area contributed by atoms with Gasteiger partial charge in [0.15, 0.2) is 5.11 Å². The number of aromatic nitrogens is 2. The van der Waals surface area contributed by atoms with Gasteiger partial charge < -0.3 is 19.9 Å². The lowest BCUT2D eigenvalue weighted by Gasteiger charge is -2.28. The number of para-hydroxylation sites is 1. The Balaban J connectivity index is 1.69. The first-order valence-corrected chi connectivity index (χ1v) is 11.9. The monoisotopic (exact) mass is 518 g/mol. The third-order valence-corrected chi connectivity index (χ3v) is 7.09. The molecule has 7 heteroatoms. The molecular weight excluding hydrogens is 496 g/mol. The molecule has 0 spiro atoms. The summed E-state index contributed by atoms with van der Waals surface area (Å²) in [5.41, 5.74) is 6.38. The van der Waals surface area contributed by atoms with Crippen molar-refractivity contribution in [1.29, 1.82) is 0 Å². The molecule has 3 heterocycles. The van der Waals surface area contributed by atoms with E-state index in [1.165, 1.54) is 5.56 Å².